The zero-order valence-corrected chi connectivity index (χ0v) is 14.4. The van der Waals surface area contributed by atoms with Crippen molar-refractivity contribution in [2.75, 3.05) is 0 Å². The molecule has 3 atom stereocenters. The highest BCUT2D eigenvalue weighted by Gasteiger charge is 2.39. The van der Waals surface area contributed by atoms with Crippen LogP contribution < -0.4 is 0 Å². The second kappa shape index (κ2) is 6.71. The van der Waals surface area contributed by atoms with Gasteiger partial charge in [-0.2, -0.15) is 5.10 Å². The molecule has 1 aliphatic carbocycles. The first-order chi connectivity index (χ1) is 11.0. The number of allylic oxidation sites excluding steroid dienone is 1. The van der Waals surface area contributed by atoms with E-state index in [2.05, 4.69) is 5.10 Å². The summed E-state index contributed by atoms with van der Waals surface area (Å²) in [6.45, 7) is 0. The summed E-state index contributed by atoms with van der Waals surface area (Å²) in [7, 11) is 0. The normalized spacial score (nSPS) is 27.6. The Bertz CT molecular complexity index is 672. The van der Waals surface area contributed by atoms with E-state index in [4.69, 9.17) is 34.8 Å². The molecule has 122 valence electrons. The van der Waals surface area contributed by atoms with Gasteiger partial charge in [0.15, 0.2) is 0 Å². The van der Waals surface area contributed by atoms with Crippen molar-refractivity contribution < 1.29 is 9.90 Å². The first-order valence-corrected chi connectivity index (χ1v) is 8.48. The van der Waals surface area contributed by atoms with Crippen LogP contribution in [0.15, 0.2) is 40.5 Å². The molecule has 4 nitrogen and oxygen atoms in total. The molecule has 0 saturated carbocycles. The third-order valence-electron chi connectivity index (χ3n) is 4.17. The number of rotatable bonds is 3. The molecule has 1 aromatic carbocycles. The van der Waals surface area contributed by atoms with Crippen LogP contribution in [-0.4, -0.2) is 33.2 Å². The van der Waals surface area contributed by atoms with Crippen LogP contribution in [0.4, 0.5) is 0 Å². The number of aliphatic carboxylic acids is 1. The topological polar surface area (TPSA) is 52.9 Å². The molecule has 0 spiro atoms. The maximum atomic E-state index is 11.3. The minimum absolute atomic E-state index is 0.0864. The van der Waals surface area contributed by atoms with Crippen molar-refractivity contribution in [3.05, 3.63) is 46.0 Å². The van der Waals surface area contributed by atoms with Crippen molar-refractivity contribution in [2.45, 2.75) is 36.7 Å². The Hall–Kier alpha value is -1.23. The van der Waals surface area contributed by atoms with E-state index in [0.717, 1.165) is 10.6 Å². The van der Waals surface area contributed by atoms with Gasteiger partial charge in [0.2, 0.25) is 0 Å². The Morgan fingerprint density at radius 1 is 1.22 bits per heavy atom. The lowest BCUT2D eigenvalue weighted by Crippen LogP contribution is -2.39. The Morgan fingerprint density at radius 3 is 2.52 bits per heavy atom. The lowest BCUT2D eigenvalue weighted by molar-refractivity contribution is -0.129. The maximum absolute atomic E-state index is 11.3. The number of hydrazone groups is 1. The molecule has 1 N–H and O–H groups in total. The first kappa shape index (κ1) is 16.6. The summed E-state index contributed by atoms with van der Waals surface area (Å²) in [4.78, 5) is 11.3. The fourth-order valence-electron chi connectivity index (χ4n) is 2.99. The molecule has 0 bridgehead atoms. The predicted molar refractivity (Wildman–Crippen MR) is 92.3 cm³/mol. The minimum atomic E-state index is -0.998. The van der Waals surface area contributed by atoms with Gasteiger partial charge < -0.3 is 5.11 Å². The molecule has 7 heteroatoms. The summed E-state index contributed by atoms with van der Waals surface area (Å²) < 4.78 is 0. The van der Waals surface area contributed by atoms with Gasteiger partial charge in [-0.3, -0.25) is 5.01 Å². The predicted octanol–water partition coefficient (Wildman–Crippen LogP) is 4.42. The largest absolute Gasteiger partial charge is 0.477 e. The highest BCUT2D eigenvalue weighted by molar-refractivity contribution is 6.36. The highest BCUT2D eigenvalue weighted by Crippen LogP contribution is 2.39. The van der Waals surface area contributed by atoms with Gasteiger partial charge in [0, 0.05) is 22.9 Å². The van der Waals surface area contributed by atoms with Crippen LogP contribution in [0.25, 0.3) is 0 Å². The van der Waals surface area contributed by atoms with Crippen LogP contribution in [-0.2, 0) is 4.79 Å². The van der Waals surface area contributed by atoms with E-state index >= 15 is 0 Å². The van der Waals surface area contributed by atoms with Crippen LogP contribution >= 0.6 is 34.8 Å². The monoisotopic (exact) mass is 372 g/mol. The van der Waals surface area contributed by atoms with Gasteiger partial charge in [0.1, 0.15) is 5.71 Å². The van der Waals surface area contributed by atoms with E-state index in [1.165, 1.54) is 0 Å². The molecule has 1 aromatic rings. The number of carboxylic acid groups (broad SMARTS) is 1. The molecule has 23 heavy (non-hydrogen) atoms. The van der Waals surface area contributed by atoms with Crippen molar-refractivity contribution >= 4 is 46.5 Å². The Balaban J connectivity index is 1.92. The van der Waals surface area contributed by atoms with Gasteiger partial charge in [-0.05, 0) is 24.1 Å². The number of carboxylic acids is 1. The molecule has 3 unspecified atom stereocenters. The molecule has 3 rings (SSSR count). The van der Waals surface area contributed by atoms with E-state index in [-0.39, 0.29) is 23.2 Å². The zero-order chi connectivity index (χ0) is 16.6. The third-order valence-corrected chi connectivity index (χ3v) is 5.18. The van der Waals surface area contributed by atoms with Crippen LogP contribution in [0.3, 0.4) is 0 Å². The summed E-state index contributed by atoms with van der Waals surface area (Å²) in [5.41, 5.74) is 1.12. The second-order valence-corrected chi connectivity index (χ2v) is 7.16. The smallest absolute Gasteiger partial charge is 0.352 e. The van der Waals surface area contributed by atoms with Gasteiger partial charge in [-0.1, -0.05) is 41.4 Å². The van der Waals surface area contributed by atoms with E-state index in [0.29, 0.717) is 24.3 Å². The van der Waals surface area contributed by atoms with Crippen LogP contribution in [0.2, 0.25) is 5.02 Å². The minimum Gasteiger partial charge on any atom is -0.477 e. The van der Waals surface area contributed by atoms with Crippen LogP contribution in [0.1, 0.15) is 30.9 Å². The summed E-state index contributed by atoms with van der Waals surface area (Å²) in [6, 6.07) is 7.14. The molecule has 0 amide bonds. The number of carbonyl (C=O) groups is 1. The fraction of sp³-hybridized carbons (Fsp3) is 0.375. The standard InChI is InChI=1S/C16H15Cl3N2O2/c17-10-3-1-9(2-4-10)15-8-13(16(22)23)20-21(15)14-6-5-11(18)7-12(14)19/h1-5,12,14-15H,6-8H2,(H,22,23). The first-order valence-electron chi connectivity index (χ1n) is 7.29. The zero-order valence-electron chi connectivity index (χ0n) is 12.1. The molecule has 1 heterocycles. The quantitative estimate of drug-likeness (QED) is 0.798. The summed E-state index contributed by atoms with van der Waals surface area (Å²) in [6.07, 6.45) is 3.48. The molecule has 0 saturated heterocycles. The molecule has 0 aromatic heterocycles. The second-order valence-electron chi connectivity index (χ2n) is 5.68. The Kier molecular flexibility index (Phi) is 4.85. The van der Waals surface area contributed by atoms with Gasteiger partial charge in [-0.25, -0.2) is 4.79 Å². The Labute approximate surface area is 149 Å². The van der Waals surface area contributed by atoms with Gasteiger partial charge >= 0.3 is 5.97 Å². The van der Waals surface area contributed by atoms with Crippen LogP contribution in [0, 0.1) is 0 Å². The van der Waals surface area contributed by atoms with Crippen LogP contribution in [0.5, 0.6) is 0 Å². The third kappa shape index (κ3) is 3.49. The van der Waals surface area contributed by atoms with E-state index < -0.39 is 5.97 Å². The average molecular weight is 374 g/mol. The fourth-order valence-corrected chi connectivity index (χ4v) is 3.84. The molecule has 1 aliphatic heterocycles. The van der Waals surface area contributed by atoms with Gasteiger partial charge in [-0.15, -0.1) is 11.6 Å². The summed E-state index contributed by atoms with van der Waals surface area (Å²) in [5.74, 6) is -0.998. The molecule has 2 aliphatic rings. The number of halogens is 3. The molecular formula is C16H15Cl3N2O2. The van der Waals surface area contributed by atoms with Crippen molar-refractivity contribution in [3.8, 4) is 0 Å². The number of hydrogen-bond acceptors (Lipinski definition) is 3. The SMILES string of the molecule is O=C(O)C1=NN(C2CC=C(Cl)CC2Cl)C(c2ccc(Cl)cc2)C1. The number of nitrogens with zero attached hydrogens (tertiary/aromatic N) is 2. The Morgan fingerprint density at radius 2 is 1.91 bits per heavy atom. The molecular weight excluding hydrogens is 359 g/mol. The van der Waals surface area contributed by atoms with E-state index in [1.807, 2.05) is 23.2 Å². The van der Waals surface area contributed by atoms with Crippen molar-refractivity contribution in [1.29, 1.82) is 0 Å². The summed E-state index contributed by atoms with van der Waals surface area (Å²) >= 11 is 18.4. The van der Waals surface area contributed by atoms with E-state index in [9.17, 15) is 9.90 Å². The summed E-state index contributed by atoms with van der Waals surface area (Å²) in [5, 5.41) is 16.6. The van der Waals surface area contributed by atoms with E-state index in [1.54, 1.807) is 12.1 Å². The lowest BCUT2D eigenvalue weighted by Gasteiger charge is -2.36. The highest BCUT2D eigenvalue weighted by atomic mass is 35.5. The van der Waals surface area contributed by atoms with Gasteiger partial charge in [0.05, 0.1) is 17.5 Å². The number of hydrogen-bond donors (Lipinski definition) is 1. The van der Waals surface area contributed by atoms with Gasteiger partial charge in [0.25, 0.3) is 0 Å². The van der Waals surface area contributed by atoms with Crippen molar-refractivity contribution in [2.24, 2.45) is 5.10 Å². The lowest BCUT2D eigenvalue weighted by atomic mass is 9.96. The number of alkyl halides is 1. The van der Waals surface area contributed by atoms with Crippen molar-refractivity contribution in [1.82, 2.24) is 5.01 Å². The molecule has 0 fully saturated rings. The maximum Gasteiger partial charge on any atom is 0.352 e. The average Bonchev–Trinajstić information content (AvgIpc) is 2.93. The molecule has 0 radical (unpaired) electrons. The van der Waals surface area contributed by atoms with Crippen molar-refractivity contribution in [3.63, 3.8) is 0 Å². The number of benzene rings is 1.